The van der Waals surface area contributed by atoms with Gasteiger partial charge in [-0.15, -0.1) is 0 Å². The molecular formula is C61H100O6. The van der Waals surface area contributed by atoms with E-state index in [1.165, 1.54) is 116 Å². The largest absolute Gasteiger partial charge is 0.462 e. The summed E-state index contributed by atoms with van der Waals surface area (Å²) in [6.45, 7) is 6.47. The van der Waals surface area contributed by atoms with Gasteiger partial charge in [-0.1, -0.05) is 207 Å². The van der Waals surface area contributed by atoms with Gasteiger partial charge in [0.15, 0.2) is 6.10 Å². The van der Waals surface area contributed by atoms with Crippen molar-refractivity contribution in [3.8, 4) is 0 Å². The lowest BCUT2D eigenvalue weighted by Gasteiger charge is -2.18. The Labute approximate surface area is 412 Å². The number of hydrogen-bond acceptors (Lipinski definition) is 6. The van der Waals surface area contributed by atoms with Crippen LogP contribution in [-0.4, -0.2) is 37.2 Å². The van der Waals surface area contributed by atoms with E-state index in [2.05, 4.69) is 130 Å². The van der Waals surface area contributed by atoms with E-state index in [0.29, 0.717) is 19.3 Å². The fourth-order valence-electron chi connectivity index (χ4n) is 7.07. The third kappa shape index (κ3) is 52.9. The minimum Gasteiger partial charge on any atom is -0.462 e. The van der Waals surface area contributed by atoms with Crippen molar-refractivity contribution in [1.82, 2.24) is 0 Å². The fraction of sp³-hybridized carbons (Fsp3) is 0.656. The number of carbonyl (C=O) groups excluding carboxylic acids is 3. The molecule has 0 aliphatic rings. The van der Waals surface area contributed by atoms with E-state index >= 15 is 0 Å². The van der Waals surface area contributed by atoms with Crippen LogP contribution in [0.25, 0.3) is 0 Å². The lowest BCUT2D eigenvalue weighted by atomic mass is 10.1. The van der Waals surface area contributed by atoms with E-state index < -0.39 is 6.10 Å². The average Bonchev–Trinajstić information content (AvgIpc) is 3.33. The fourth-order valence-corrected chi connectivity index (χ4v) is 7.07. The Morgan fingerprint density at radius 1 is 0.299 bits per heavy atom. The minimum atomic E-state index is -0.832. The SMILES string of the molecule is CCCCC/C=C\C/C=C\C/C=C\C/C=C\CCCC(=O)OC[C@H](COC(=O)CCCCCCCCC/C=C\CCCCCC)OC(=O)CCC/C=C\C/C=C\C/C=C\C/C=C\CCCCC. The lowest BCUT2D eigenvalue weighted by molar-refractivity contribution is -0.167. The zero-order valence-electron chi connectivity index (χ0n) is 43.4. The third-order valence-corrected chi connectivity index (χ3v) is 11.2. The predicted octanol–water partition coefficient (Wildman–Crippen LogP) is 18.3. The van der Waals surface area contributed by atoms with E-state index in [1.807, 2.05) is 0 Å². The maximum atomic E-state index is 12.8. The van der Waals surface area contributed by atoms with Gasteiger partial charge in [-0.05, 0) is 122 Å². The Morgan fingerprint density at radius 3 is 0.940 bits per heavy atom. The van der Waals surface area contributed by atoms with Gasteiger partial charge in [0, 0.05) is 19.3 Å². The zero-order valence-corrected chi connectivity index (χ0v) is 43.4. The molecule has 0 N–H and O–H groups in total. The van der Waals surface area contributed by atoms with Crippen molar-refractivity contribution < 1.29 is 28.6 Å². The standard InChI is InChI=1S/C61H100O6/c1-4-7-10-13-16-19-22-25-28-30-33-36-39-42-45-48-51-54-60(63)66-57-58(56-65-59(62)53-50-47-44-41-38-35-32-27-24-21-18-15-12-9-6-3)67-61(64)55-52-49-46-43-40-37-34-31-29-26-23-20-17-14-11-8-5-2/h16-17,19-21,24-26,28-29,33-34,36-37,42-43,45-46,58H,4-15,18,22-23,27,30-32,35,38-41,44,47-57H2,1-3H3/b19-16-,20-17-,24-21-,28-25-,29-26-,36-33-,37-34-,45-42-,46-43-/t58-/m0/s1. The summed E-state index contributed by atoms with van der Waals surface area (Å²) in [5.41, 5.74) is 0. The van der Waals surface area contributed by atoms with Crippen LogP contribution in [0.5, 0.6) is 0 Å². The van der Waals surface area contributed by atoms with Crippen molar-refractivity contribution in [3.63, 3.8) is 0 Å². The molecule has 0 saturated carbocycles. The summed E-state index contributed by atoms with van der Waals surface area (Å²) in [7, 11) is 0. The van der Waals surface area contributed by atoms with Crippen LogP contribution in [0.1, 0.15) is 239 Å². The van der Waals surface area contributed by atoms with Crippen LogP contribution in [0.15, 0.2) is 109 Å². The van der Waals surface area contributed by atoms with Gasteiger partial charge in [-0.3, -0.25) is 14.4 Å². The molecule has 0 bridgehead atoms. The van der Waals surface area contributed by atoms with Crippen molar-refractivity contribution in [2.45, 2.75) is 245 Å². The average molecular weight is 929 g/mol. The highest BCUT2D eigenvalue weighted by Crippen LogP contribution is 2.13. The van der Waals surface area contributed by atoms with Crippen molar-refractivity contribution in [2.24, 2.45) is 0 Å². The molecule has 0 heterocycles. The maximum absolute atomic E-state index is 12.8. The monoisotopic (exact) mass is 929 g/mol. The highest BCUT2D eigenvalue weighted by atomic mass is 16.6. The highest BCUT2D eigenvalue weighted by molar-refractivity contribution is 5.71. The molecule has 0 aromatic carbocycles. The molecule has 67 heavy (non-hydrogen) atoms. The Morgan fingerprint density at radius 2 is 0.552 bits per heavy atom. The summed E-state index contributed by atoms with van der Waals surface area (Å²) in [5, 5.41) is 0. The van der Waals surface area contributed by atoms with Gasteiger partial charge in [0.2, 0.25) is 0 Å². The molecule has 0 aliphatic carbocycles. The number of carbonyl (C=O) groups is 3. The molecule has 0 spiro atoms. The van der Waals surface area contributed by atoms with Crippen molar-refractivity contribution >= 4 is 17.9 Å². The number of esters is 3. The van der Waals surface area contributed by atoms with Crippen LogP contribution in [0, 0.1) is 0 Å². The molecule has 0 fully saturated rings. The quantitative estimate of drug-likeness (QED) is 0.0262. The third-order valence-electron chi connectivity index (χ3n) is 11.2. The zero-order chi connectivity index (χ0) is 48.6. The Hall–Kier alpha value is -3.93. The molecule has 6 nitrogen and oxygen atoms in total. The molecule has 0 rings (SSSR count). The number of allylic oxidation sites excluding steroid dienone is 18. The van der Waals surface area contributed by atoms with E-state index in [-0.39, 0.29) is 44.0 Å². The molecule has 0 aliphatic heterocycles. The van der Waals surface area contributed by atoms with Gasteiger partial charge in [0.05, 0.1) is 0 Å². The van der Waals surface area contributed by atoms with Gasteiger partial charge in [-0.2, -0.15) is 0 Å². The second-order valence-electron chi connectivity index (χ2n) is 17.8. The van der Waals surface area contributed by atoms with E-state index in [1.54, 1.807) is 0 Å². The molecule has 0 aromatic rings. The van der Waals surface area contributed by atoms with Crippen LogP contribution in [0.3, 0.4) is 0 Å². The summed E-state index contributed by atoms with van der Waals surface area (Å²) in [6.07, 6.45) is 73.6. The van der Waals surface area contributed by atoms with E-state index in [0.717, 1.165) is 70.6 Å². The first-order valence-electron chi connectivity index (χ1n) is 27.4. The van der Waals surface area contributed by atoms with E-state index in [4.69, 9.17) is 14.2 Å². The number of ether oxygens (including phenoxy) is 3. The van der Waals surface area contributed by atoms with Gasteiger partial charge in [-0.25, -0.2) is 0 Å². The summed E-state index contributed by atoms with van der Waals surface area (Å²) >= 11 is 0. The summed E-state index contributed by atoms with van der Waals surface area (Å²) in [4.78, 5) is 38.0. The molecule has 1 atom stereocenters. The Bertz CT molecular complexity index is 1390. The molecular weight excluding hydrogens is 829 g/mol. The first-order valence-corrected chi connectivity index (χ1v) is 27.4. The summed E-state index contributed by atoms with van der Waals surface area (Å²) < 4.78 is 16.7. The minimum absolute atomic E-state index is 0.121. The molecule has 0 amide bonds. The van der Waals surface area contributed by atoms with Gasteiger partial charge < -0.3 is 14.2 Å². The first-order chi connectivity index (χ1) is 33.0. The Balaban J connectivity index is 4.58. The molecule has 6 heteroatoms. The summed E-state index contributed by atoms with van der Waals surface area (Å²) in [6, 6.07) is 0. The van der Waals surface area contributed by atoms with Gasteiger partial charge in [0.1, 0.15) is 13.2 Å². The second kappa shape index (κ2) is 54.7. The van der Waals surface area contributed by atoms with Crippen LogP contribution < -0.4 is 0 Å². The molecule has 0 aromatic heterocycles. The summed E-state index contributed by atoms with van der Waals surface area (Å²) in [5.74, 6) is -1.04. The lowest BCUT2D eigenvalue weighted by Crippen LogP contribution is -2.30. The first kappa shape index (κ1) is 63.1. The molecule has 0 unspecified atom stereocenters. The van der Waals surface area contributed by atoms with Crippen LogP contribution in [0.2, 0.25) is 0 Å². The van der Waals surface area contributed by atoms with Crippen molar-refractivity contribution in [3.05, 3.63) is 109 Å². The predicted molar refractivity (Wildman–Crippen MR) is 288 cm³/mol. The van der Waals surface area contributed by atoms with Gasteiger partial charge >= 0.3 is 17.9 Å². The van der Waals surface area contributed by atoms with Crippen LogP contribution in [-0.2, 0) is 28.6 Å². The van der Waals surface area contributed by atoms with Crippen molar-refractivity contribution in [2.75, 3.05) is 13.2 Å². The smallest absolute Gasteiger partial charge is 0.306 e. The Kier molecular flexibility index (Phi) is 51.5. The van der Waals surface area contributed by atoms with Gasteiger partial charge in [0.25, 0.3) is 0 Å². The number of unbranched alkanes of at least 4 members (excludes halogenated alkanes) is 19. The topological polar surface area (TPSA) is 78.9 Å². The number of hydrogen-bond donors (Lipinski definition) is 0. The van der Waals surface area contributed by atoms with Crippen LogP contribution >= 0.6 is 0 Å². The molecule has 380 valence electrons. The van der Waals surface area contributed by atoms with E-state index in [9.17, 15) is 14.4 Å². The molecule has 0 saturated heterocycles. The normalized spacial score (nSPS) is 12.9. The van der Waals surface area contributed by atoms with Crippen molar-refractivity contribution in [1.29, 1.82) is 0 Å². The number of rotatable bonds is 48. The molecule has 0 radical (unpaired) electrons. The van der Waals surface area contributed by atoms with Crippen LogP contribution in [0.4, 0.5) is 0 Å². The second-order valence-corrected chi connectivity index (χ2v) is 17.8. The maximum Gasteiger partial charge on any atom is 0.306 e. The highest BCUT2D eigenvalue weighted by Gasteiger charge is 2.19.